The SMILES string of the molecule is COCCOCOc1ccc(CCO)cc1F. The monoisotopic (exact) mass is 244 g/mol. The lowest BCUT2D eigenvalue weighted by Crippen LogP contribution is -2.08. The number of rotatable bonds is 8. The van der Waals surface area contributed by atoms with E-state index in [-0.39, 0.29) is 19.1 Å². The van der Waals surface area contributed by atoms with Crippen LogP contribution in [0, 0.1) is 5.82 Å². The molecular formula is C12H17FO4. The zero-order valence-corrected chi connectivity index (χ0v) is 9.82. The summed E-state index contributed by atoms with van der Waals surface area (Å²) in [5.74, 6) is -0.310. The molecule has 1 N–H and O–H groups in total. The van der Waals surface area contributed by atoms with Crippen LogP contribution in [0.3, 0.4) is 0 Å². The van der Waals surface area contributed by atoms with Gasteiger partial charge in [0.2, 0.25) is 0 Å². The summed E-state index contributed by atoms with van der Waals surface area (Å²) in [4.78, 5) is 0. The van der Waals surface area contributed by atoms with Gasteiger partial charge in [-0.15, -0.1) is 0 Å². The van der Waals surface area contributed by atoms with Crippen LogP contribution in [0.15, 0.2) is 18.2 Å². The van der Waals surface area contributed by atoms with Gasteiger partial charge in [-0.05, 0) is 24.1 Å². The van der Waals surface area contributed by atoms with E-state index >= 15 is 0 Å². The van der Waals surface area contributed by atoms with E-state index in [1.165, 1.54) is 12.1 Å². The molecule has 1 aromatic carbocycles. The fraction of sp³-hybridized carbons (Fsp3) is 0.500. The largest absolute Gasteiger partial charge is 0.464 e. The topological polar surface area (TPSA) is 47.9 Å². The van der Waals surface area contributed by atoms with Gasteiger partial charge < -0.3 is 19.3 Å². The van der Waals surface area contributed by atoms with Crippen LogP contribution in [0.1, 0.15) is 5.56 Å². The predicted molar refractivity (Wildman–Crippen MR) is 60.5 cm³/mol. The highest BCUT2D eigenvalue weighted by molar-refractivity contribution is 5.29. The smallest absolute Gasteiger partial charge is 0.189 e. The molecule has 0 aliphatic carbocycles. The molecule has 0 aromatic heterocycles. The van der Waals surface area contributed by atoms with Gasteiger partial charge in [-0.2, -0.15) is 0 Å². The molecule has 0 spiro atoms. The van der Waals surface area contributed by atoms with Gasteiger partial charge in [-0.1, -0.05) is 6.07 Å². The van der Waals surface area contributed by atoms with Gasteiger partial charge in [0.1, 0.15) is 0 Å². The van der Waals surface area contributed by atoms with Gasteiger partial charge in [0.25, 0.3) is 0 Å². The molecule has 0 radical (unpaired) electrons. The molecule has 0 atom stereocenters. The highest BCUT2D eigenvalue weighted by Gasteiger charge is 2.04. The molecule has 0 saturated carbocycles. The minimum absolute atomic E-state index is 0.000226. The van der Waals surface area contributed by atoms with Crippen molar-refractivity contribution < 1.29 is 23.7 Å². The van der Waals surface area contributed by atoms with E-state index in [1.54, 1.807) is 13.2 Å². The van der Waals surface area contributed by atoms with E-state index in [4.69, 9.17) is 19.3 Å². The number of benzene rings is 1. The van der Waals surface area contributed by atoms with Crippen molar-refractivity contribution in [2.45, 2.75) is 6.42 Å². The maximum atomic E-state index is 13.5. The fourth-order valence-corrected chi connectivity index (χ4v) is 1.25. The Morgan fingerprint density at radius 1 is 1.29 bits per heavy atom. The van der Waals surface area contributed by atoms with Gasteiger partial charge in [-0.3, -0.25) is 0 Å². The van der Waals surface area contributed by atoms with Crippen molar-refractivity contribution in [3.05, 3.63) is 29.6 Å². The first-order valence-electron chi connectivity index (χ1n) is 5.36. The Balaban J connectivity index is 2.38. The molecule has 1 rings (SSSR count). The zero-order valence-electron chi connectivity index (χ0n) is 9.82. The number of aliphatic hydroxyl groups is 1. The van der Waals surface area contributed by atoms with Crippen LogP contribution in [-0.4, -0.2) is 38.8 Å². The Kier molecular flexibility index (Phi) is 6.54. The van der Waals surface area contributed by atoms with Crippen molar-refractivity contribution in [3.8, 4) is 5.75 Å². The van der Waals surface area contributed by atoms with E-state index in [9.17, 15) is 4.39 Å². The van der Waals surface area contributed by atoms with Crippen LogP contribution in [-0.2, 0) is 15.9 Å². The van der Waals surface area contributed by atoms with Crippen LogP contribution >= 0.6 is 0 Å². The third-order valence-corrected chi connectivity index (χ3v) is 2.13. The molecule has 0 fully saturated rings. The van der Waals surface area contributed by atoms with Crippen molar-refractivity contribution >= 4 is 0 Å². The molecule has 5 heteroatoms. The van der Waals surface area contributed by atoms with Crippen LogP contribution in [0.5, 0.6) is 5.75 Å². The Labute approximate surface area is 99.9 Å². The molecule has 96 valence electrons. The summed E-state index contributed by atoms with van der Waals surface area (Å²) in [6.45, 7) is 0.862. The van der Waals surface area contributed by atoms with Gasteiger partial charge in [0, 0.05) is 13.7 Å². The zero-order chi connectivity index (χ0) is 12.5. The van der Waals surface area contributed by atoms with Gasteiger partial charge >= 0.3 is 0 Å². The summed E-state index contributed by atoms with van der Waals surface area (Å²) in [6, 6.07) is 4.59. The first-order chi connectivity index (χ1) is 8.27. The summed E-state index contributed by atoms with van der Waals surface area (Å²) in [5.41, 5.74) is 0.734. The lowest BCUT2D eigenvalue weighted by Gasteiger charge is -2.08. The second-order valence-electron chi connectivity index (χ2n) is 3.40. The Hall–Kier alpha value is -1.17. The number of aliphatic hydroxyl groups excluding tert-OH is 1. The summed E-state index contributed by atoms with van der Waals surface area (Å²) >= 11 is 0. The van der Waals surface area contributed by atoms with Crippen molar-refractivity contribution in [1.29, 1.82) is 0 Å². The van der Waals surface area contributed by atoms with E-state index in [0.717, 1.165) is 5.56 Å². The summed E-state index contributed by atoms with van der Waals surface area (Å²) in [5, 5.41) is 8.72. The number of methoxy groups -OCH3 is 1. The fourth-order valence-electron chi connectivity index (χ4n) is 1.25. The molecule has 4 nitrogen and oxygen atoms in total. The normalized spacial score (nSPS) is 10.5. The van der Waals surface area contributed by atoms with E-state index < -0.39 is 5.82 Å². The maximum absolute atomic E-state index is 13.5. The molecule has 0 unspecified atom stereocenters. The lowest BCUT2D eigenvalue weighted by molar-refractivity contribution is -0.0101. The Morgan fingerprint density at radius 3 is 2.76 bits per heavy atom. The van der Waals surface area contributed by atoms with Gasteiger partial charge in [-0.25, -0.2) is 4.39 Å². The van der Waals surface area contributed by atoms with Gasteiger partial charge in [0.05, 0.1) is 13.2 Å². The minimum atomic E-state index is -0.453. The van der Waals surface area contributed by atoms with Gasteiger partial charge in [0.15, 0.2) is 18.4 Å². The van der Waals surface area contributed by atoms with E-state index in [0.29, 0.717) is 19.6 Å². The summed E-state index contributed by atoms with van der Waals surface area (Å²) < 4.78 is 28.4. The summed E-state index contributed by atoms with van der Waals surface area (Å²) in [6.07, 6.45) is 0.432. The lowest BCUT2D eigenvalue weighted by atomic mass is 10.1. The van der Waals surface area contributed by atoms with Crippen molar-refractivity contribution in [2.24, 2.45) is 0 Å². The molecular weight excluding hydrogens is 227 g/mol. The summed E-state index contributed by atoms with van der Waals surface area (Å²) in [7, 11) is 1.57. The highest BCUT2D eigenvalue weighted by atomic mass is 19.1. The average Bonchev–Trinajstić information content (AvgIpc) is 2.32. The van der Waals surface area contributed by atoms with Crippen molar-refractivity contribution in [1.82, 2.24) is 0 Å². The molecule has 0 saturated heterocycles. The van der Waals surface area contributed by atoms with Crippen molar-refractivity contribution in [3.63, 3.8) is 0 Å². The third-order valence-electron chi connectivity index (χ3n) is 2.13. The Morgan fingerprint density at radius 2 is 2.12 bits per heavy atom. The van der Waals surface area contributed by atoms with Crippen LogP contribution in [0.2, 0.25) is 0 Å². The van der Waals surface area contributed by atoms with Crippen LogP contribution in [0.25, 0.3) is 0 Å². The molecule has 0 aliphatic rings. The second kappa shape index (κ2) is 8.00. The predicted octanol–water partition coefficient (Wildman–Crippen LogP) is 1.36. The molecule has 0 amide bonds. The van der Waals surface area contributed by atoms with E-state index in [1.807, 2.05) is 0 Å². The highest BCUT2D eigenvalue weighted by Crippen LogP contribution is 2.18. The van der Waals surface area contributed by atoms with Crippen LogP contribution < -0.4 is 4.74 Å². The minimum Gasteiger partial charge on any atom is -0.464 e. The second-order valence-corrected chi connectivity index (χ2v) is 3.40. The molecule has 0 bridgehead atoms. The number of ether oxygens (including phenoxy) is 3. The Bertz CT molecular complexity index is 330. The van der Waals surface area contributed by atoms with Crippen LogP contribution in [0.4, 0.5) is 4.39 Å². The first-order valence-corrected chi connectivity index (χ1v) is 5.36. The van der Waals surface area contributed by atoms with E-state index in [2.05, 4.69) is 0 Å². The number of hydrogen-bond donors (Lipinski definition) is 1. The molecule has 0 aliphatic heterocycles. The van der Waals surface area contributed by atoms with Crippen molar-refractivity contribution in [2.75, 3.05) is 33.7 Å². The maximum Gasteiger partial charge on any atom is 0.189 e. The molecule has 17 heavy (non-hydrogen) atoms. The average molecular weight is 244 g/mol. The molecule has 1 aromatic rings. The number of hydrogen-bond acceptors (Lipinski definition) is 4. The number of halogens is 1. The quantitative estimate of drug-likeness (QED) is 0.554. The first kappa shape index (κ1) is 13.9. The third kappa shape index (κ3) is 5.12. The molecule has 0 heterocycles. The standard InChI is InChI=1S/C12H17FO4/c1-15-6-7-16-9-17-12-3-2-10(4-5-14)8-11(12)13/h2-3,8,14H,4-7,9H2,1H3.